The van der Waals surface area contributed by atoms with E-state index in [1.807, 2.05) is 25.1 Å². The number of aliphatic hydroxyl groups excluding tert-OH is 1. The number of anilines is 1. The van der Waals surface area contributed by atoms with E-state index in [0.29, 0.717) is 53.6 Å². The van der Waals surface area contributed by atoms with Crippen LogP contribution in [-0.2, 0) is 6.42 Å². The predicted octanol–water partition coefficient (Wildman–Crippen LogP) is 3.11. The van der Waals surface area contributed by atoms with E-state index in [9.17, 15) is 19.5 Å². The molecule has 2 aromatic carbocycles. The third kappa shape index (κ3) is 4.25. The van der Waals surface area contributed by atoms with Gasteiger partial charge in [-0.15, -0.1) is 11.3 Å². The van der Waals surface area contributed by atoms with Crippen molar-refractivity contribution in [1.29, 1.82) is 0 Å². The highest BCUT2D eigenvalue weighted by atomic mass is 32.1. The Kier molecular flexibility index (Phi) is 6.27. The monoisotopic (exact) mass is 505 g/mol. The number of amides is 3. The Hall–Kier alpha value is -3.69. The van der Waals surface area contributed by atoms with Crippen molar-refractivity contribution >= 4 is 34.7 Å². The first-order valence-electron chi connectivity index (χ1n) is 11.7. The van der Waals surface area contributed by atoms with Crippen molar-refractivity contribution in [1.82, 2.24) is 10.2 Å². The van der Waals surface area contributed by atoms with Crippen LogP contribution in [0.4, 0.5) is 5.69 Å². The molecule has 0 bridgehead atoms. The highest BCUT2D eigenvalue weighted by Crippen LogP contribution is 2.41. The number of ether oxygens (including phenoxy) is 1. The zero-order chi connectivity index (χ0) is 25.6. The van der Waals surface area contributed by atoms with Crippen LogP contribution in [0.1, 0.15) is 41.5 Å². The number of likely N-dealkylation sites (tertiary alicyclic amines) is 1. The number of carbonyl (C=O) groups excluding carboxylic acids is 3. The Bertz CT molecular complexity index is 1380. The lowest BCUT2D eigenvalue weighted by molar-refractivity contribution is 0.00590. The molecule has 0 spiro atoms. The summed E-state index contributed by atoms with van der Waals surface area (Å²) in [5.74, 6) is 0.126. The molecular weight excluding hydrogens is 478 g/mol. The second kappa shape index (κ2) is 9.40. The van der Waals surface area contributed by atoms with Gasteiger partial charge in [-0.05, 0) is 54.4 Å². The molecule has 5 rings (SSSR count). The van der Waals surface area contributed by atoms with Crippen molar-refractivity contribution in [3.05, 3.63) is 69.6 Å². The third-order valence-corrected chi connectivity index (χ3v) is 7.83. The minimum atomic E-state index is -0.469. The molecule has 0 unspecified atom stereocenters. The first-order valence-corrected chi connectivity index (χ1v) is 12.6. The lowest BCUT2D eigenvalue weighted by Crippen LogP contribution is -2.53. The van der Waals surface area contributed by atoms with E-state index in [1.165, 1.54) is 11.3 Å². The van der Waals surface area contributed by atoms with Crippen LogP contribution in [0.2, 0.25) is 0 Å². The minimum Gasteiger partial charge on any atom is -0.493 e. The summed E-state index contributed by atoms with van der Waals surface area (Å²) < 4.78 is 5.91. The summed E-state index contributed by atoms with van der Waals surface area (Å²) in [5.41, 5.74) is 4.44. The Morgan fingerprint density at radius 2 is 1.86 bits per heavy atom. The number of β-amino-alcohol motifs (C(OH)–C–C–N with tert-alkyl or cyclic N) is 1. The Labute approximate surface area is 213 Å². The lowest BCUT2D eigenvalue weighted by atomic mass is 10.0. The zero-order valence-electron chi connectivity index (χ0n) is 20.3. The number of nitrogens with one attached hydrogen (secondary N) is 1. The number of benzene rings is 2. The largest absolute Gasteiger partial charge is 0.493 e. The topological polar surface area (TPSA) is 99.2 Å². The number of rotatable bonds is 4. The van der Waals surface area contributed by atoms with Crippen LogP contribution in [0.25, 0.3) is 10.4 Å². The van der Waals surface area contributed by atoms with E-state index < -0.39 is 6.10 Å². The Morgan fingerprint density at radius 1 is 1.11 bits per heavy atom. The molecule has 0 aliphatic carbocycles. The van der Waals surface area contributed by atoms with Gasteiger partial charge in [0.2, 0.25) is 0 Å². The number of carbonyl (C=O) groups is 3. The summed E-state index contributed by atoms with van der Waals surface area (Å²) in [5, 5.41) is 12.1. The van der Waals surface area contributed by atoms with E-state index >= 15 is 0 Å². The van der Waals surface area contributed by atoms with Gasteiger partial charge in [0.05, 0.1) is 17.6 Å². The molecule has 1 fully saturated rings. The first-order chi connectivity index (χ1) is 17.3. The van der Waals surface area contributed by atoms with Gasteiger partial charge in [-0.2, -0.15) is 0 Å². The molecule has 36 heavy (non-hydrogen) atoms. The molecule has 1 saturated heterocycles. The van der Waals surface area contributed by atoms with Gasteiger partial charge in [0.25, 0.3) is 17.7 Å². The highest BCUT2D eigenvalue weighted by Gasteiger charge is 2.30. The molecule has 8 nitrogen and oxygen atoms in total. The van der Waals surface area contributed by atoms with Crippen molar-refractivity contribution in [3.8, 4) is 16.2 Å². The van der Waals surface area contributed by atoms with Crippen LogP contribution in [0.15, 0.2) is 42.5 Å². The SMILES string of the molecule is CNC(=O)c1ccc2c(c1)OCCc1cc(C(=O)N(C)c3cc(C(=O)N4CC(O)C4)ccc3C)sc1-2. The van der Waals surface area contributed by atoms with Crippen LogP contribution in [0.5, 0.6) is 5.75 Å². The molecule has 0 atom stereocenters. The van der Waals surface area contributed by atoms with E-state index in [-0.39, 0.29) is 17.7 Å². The normalized spacial score (nSPS) is 14.6. The van der Waals surface area contributed by atoms with E-state index in [2.05, 4.69) is 5.32 Å². The number of nitrogens with zero attached hydrogens (tertiary/aromatic N) is 2. The Balaban J connectivity index is 1.43. The van der Waals surface area contributed by atoms with Gasteiger partial charge in [0.15, 0.2) is 0 Å². The molecule has 2 aliphatic heterocycles. The van der Waals surface area contributed by atoms with Crippen molar-refractivity contribution in [2.75, 3.05) is 38.7 Å². The average molecular weight is 506 g/mol. The molecule has 2 aliphatic rings. The number of aryl methyl sites for hydroxylation is 1. The first kappa shape index (κ1) is 24.0. The fraction of sp³-hybridized carbons (Fsp3) is 0.296. The van der Waals surface area contributed by atoms with E-state index in [1.54, 1.807) is 48.2 Å². The summed E-state index contributed by atoms with van der Waals surface area (Å²) >= 11 is 1.40. The predicted molar refractivity (Wildman–Crippen MR) is 138 cm³/mol. The lowest BCUT2D eigenvalue weighted by Gasteiger charge is -2.36. The average Bonchev–Trinajstić information content (AvgIpc) is 3.21. The van der Waals surface area contributed by atoms with Gasteiger partial charge >= 0.3 is 0 Å². The molecule has 0 radical (unpaired) electrons. The standard InChI is InChI=1S/C27H27N3O5S/c1-15-4-5-18(26(33)30-13-19(31)14-30)10-21(15)29(3)27(34)23-12-16-8-9-35-22-11-17(25(32)28-2)6-7-20(22)24(16)36-23/h4-7,10-12,19,31H,8-9,13-14H2,1-3H3,(H,28,32). The fourth-order valence-electron chi connectivity index (χ4n) is 4.52. The minimum absolute atomic E-state index is 0.155. The molecule has 3 amide bonds. The van der Waals surface area contributed by atoms with Crippen molar-refractivity contribution < 1.29 is 24.2 Å². The van der Waals surface area contributed by atoms with Gasteiger partial charge in [0, 0.05) is 60.9 Å². The summed E-state index contributed by atoms with van der Waals surface area (Å²) in [6.07, 6.45) is 0.181. The summed E-state index contributed by atoms with van der Waals surface area (Å²) in [4.78, 5) is 43.1. The van der Waals surface area contributed by atoms with Gasteiger partial charge in [0.1, 0.15) is 5.75 Å². The molecule has 2 N–H and O–H groups in total. The van der Waals surface area contributed by atoms with E-state index in [0.717, 1.165) is 21.6 Å². The number of aliphatic hydroxyl groups is 1. The smallest absolute Gasteiger partial charge is 0.268 e. The Morgan fingerprint density at radius 3 is 2.58 bits per heavy atom. The van der Waals surface area contributed by atoms with Crippen LogP contribution in [0, 0.1) is 6.92 Å². The molecule has 1 aromatic heterocycles. The van der Waals surface area contributed by atoms with Crippen LogP contribution < -0.4 is 15.0 Å². The number of hydrogen-bond acceptors (Lipinski definition) is 6. The third-order valence-electron chi connectivity index (χ3n) is 6.64. The second-order valence-electron chi connectivity index (χ2n) is 9.08. The molecule has 9 heteroatoms. The quantitative estimate of drug-likeness (QED) is 0.568. The maximum absolute atomic E-state index is 13.5. The van der Waals surface area contributed by atoms with Crippen molar-refractivity contribution in [2.45, 2.75) is 19.4 Å². The number of thiophene rings is 1. The number of fused-ring (bicyclic) bond motifs is 3. The number of hydrogen-bond donors (Lipinski definition) is 2. The summed E-state index contributed by atoms with van der Waals surface area (Å²) in [6, 6.07) is 12.6. The zero-order valence-corrected chi connectivity index (χ0v) is 21.1. The molecule has 3 aromatic rings. The maximum atomic E-state index is 13.5. The van der Waals surface area contributed by atoms with Crippen molar-refractivity contribution in [3.63, 3.8) is 0 Å². The van der Waals surface area contributed by atoms with Crippen LogP contribution in [0.3, 0.4) is 0 Å². The molecule has 0 saturated carbocycles. The summed E-state index contributed by atoms with van der Waals surface area (Å²) in [7, 11) is 3.30. The molecule has 186 valence electrons. The van der Waals surface area contributed by atoms with Crippen LogP contribution >= 0.6 is 11.3 Å². The summed E-state index contributed by atoms with van der Waals surface area (Å²) in [6.45, 7) is 3.01. The maximum Gasteiger partial charge on any atom is 0.268 e. The van der Waals surface area contributed by atoms with Gasteiger partial charge in [-0.25, -0.2) is 0 Å². The molecular formula is C27H27N3O5S. The van der Waals surface area contributed by atoms with Gasteiger partial charge in [-0.1, -0.05) is 6.07 Å². The van der Waals surface area contributed by atoms with Crippen LogP contribution in [-0.4, -0.2) is 67.6 Å². The molecule has 3 heterocycles. The fourth-order valence-corrected chi connectivity index (χ4v) is 5.73. The van der Waals surface area contributed by atoms with E-state index in [4.69, 9.17) is 4.74 Å². The van der Waals surface area contributed by atoms with Gasteiger partial charge in [-0.3, -0.25) is 14.4 Å². The highest BCUT2D eigenvalue weighted by molar-refractivity contribution is 7.17. The second-order valence-corrected chi connectivity index (χ2v) is 10.1. The van der Waals surface area contributed by atoms with Crippen molar-refractivity contribution in [2.24, 2.45) is 0 Å². The van der Waals surface area contributed by atoms with Gasteiger partial charge < -0.3 is 25.0 Å².